The summed E-state index contributed by atoms with van der Waals surface area (Å²) in [7, 11) is 0. The number of carbonyl (C=O) groups excluding carboxylic acids is 1. The molecule has 1 aromatic heterocycles. The van der Waals surface area contributed by atoms with Gasteiger partial charge in [0.05, 0.1) is 0 Å². The summed E-state index contributed by atoms with van der Waals surface area (Å²) >= 11 is 0. The molecule has 8 nitrogen and oxygen atoms in total. The van der Waals surface area contributed by atoms with Crippen molar-refractivity contribution in [1.29, 1.82) is 0 Å². The Morgan fingerprint density at radius 2 is 1.65 bits per heavy atom. The van der Waals surface area contributed by atoms with E-state index in [9.17, 15) is 14.7 Å². The van der Waals surface area contributed by atoms with Gasteiger partial charge in [-0.15, -0.1) is 0 Å². The van der Waals surface area contributed by atoms with Crippen molar-refractivity contribution in [3.05, 3.63) is 34.9 Å². The van der Waals surface area contributed by atoms with E-state index in [4.69, 9.17) is 15.2 Å². The number of aliphatic hydroxyl groups excluding tert-OH is 1. The summed E-state index contributed by atoms with van der Waals surface area (Å²) in [4.78, 5) is 27.8. The topological polar surface area (TPSA) is 117 Å². The molecule has 2 rings (SSSR count). The Labute approximate surface area is 203 Å². The van der Waals surface area contributed by atoms with Crippen molar-refractivity contribution in [2.45, 2.75) is 115 Å². The standard InChI is InChI=1S/C26H43N3O5/c1-3-4-5-6-7-8-9-10-11-12-13-14-15-16-23(30)33-19-21-24(31)20(2)25(34-21)29-18-17-22(27)28-26(29)32/h17-18,21,24-25,31H,2-16,19H2,1H3,(H2,27,28,32)/t21-,24+,25-/m1/s1. The van der Waals surface area contributed by atoms with Crippen LogP contribution in [0.2, 0.25) is 0 Å². The molecule has 0 aromatic carbocycles. The van der Waals surface area contributed by atoms with Crippen molar-refractivity contribution in [2.24, 2.45) is 0 Å². The van der Waals surface area contributed by atoms with E-state index in [1.807, 2.05) is 0 Å². The van der Waals surface area contributed by atoms with Gasteiger partial charge >= 0.3 is 11.7 Å². The molecule has 0 radical (unpaired) electrons. The predicted octanol–water partition coefficient (Wildman–Crippen LogP) is 4.66. The van der Waals surface area contributed by atoms with E-state index in [0.29, 0.717) is 12.0 Å². The molecule has 34 heavy (non-hydrogen) atoms. The van der Waals surface area contributed by atoms with E-state index in [1.165, 1.54) is 81.0 Å². The Morgan fingerprint density at radius 1 is 1.09 bits per heavy atom. The number of anilines is 1. The van der Waals surface area contributed by atoms with Crippen LogP contribution in [-0.4, -0.2) is 39.4 Å². The lowest BCUT2D eigenvalue weighted by Gasteiger charge is -2.15. The van der Waals surface area contributed by atoms with Gasteiger partial charge in [-0.3, -0.25) is 9.36 Å². The minimum absolute atomic E-state index is 0.0921. The molecule has 2 heterocycles. The number of nitrogen functional groups attached to an aromatic ring is 1. The lowest BCUT2D eigenvalue weighted by Crippen LogP contribution is -2.29. The third-order valence-corrected chi connectivity index (χ3v) is 6.35. The average Bonchev–Trinajstić information content (AvgIpc) is 3.09. The maximum atomic E-state index is 12.1. The minimum Gasteiger partial charge on any atom is -0.463 e. The first-order chi connectivity index (χ1) is 16.4. The lowest BCUT2D eigenvalue weighted by atomic mass is 10.0. The fraction of sp³-hybridized carbons (Fsp3) is 0.731. The van der Waals surface area contributed by atoms with E-state index in [0.717, 1.165) is 19.3 Å². The van der Waals surface area contributed by atoms with Gasteiger partial charge in [0.2, 0.25) is 0 Å². The molecular weight excluding hydrogens is 434 g/mol. The van der Waals surface area contributed by atoms with Gasteiger partial charge in [0.15, 0.2) is 6.23 Å². The molecule has 0 amide bonds. The number of carbonyl (C=O) groups is 1. The number of hydrogen-bond donors (Lipinski definition) is 2. The molecule has 192 valence electrons. The summed E-state index contributed by atoms with van der Waals surface area (Å²) in [5.74, 6) is -0.205. The molecule has 1 aliphatic rings. The summed E-state index contributed by atoms with van der Waals surface area (Å²) in [6, 6.07) is 1.47. The number of nitrogens with zero attached hydrogens (tertiary/aromatic N) is 2. The SMILES string of the molecule is C=C1[C@H](n2ccc(N)nc2=O)O[C@H](COC(=O)CCCCCCCCCCCCCCC)[C@H]1O. The Bertz CT molecular complexity index is 810. The smallest absolute Gasteiger partial charge is 0.351 e. The van der Waals surface area contributed by atoms with Crippen LogP contribution in [0.3, 0.4) is 0 Å². The normalized spacial score (nSPS) is 20.1. The van der Waals surface area contributed by atoms with Gasteiger partial charge in [-0.1, -0.05) is 90.6 Å². The maximum Gasteiger partial charge on any atom is 0.351 e. The number of esters is 1. The third-order valence-electron chi connectivity index (χ3n) is 6.35. The Balaban J connectivity index is 1.53. The van der Waals surface area contributed by atoms with Crippen molar-refractivity contribution in [3.63, 3.8) is 0 Å². The zero-order valence-corrected chi connectivity index (χ0v) is 20.8. The van der Waals surface area contributed by atoms with Gasteiger partial charge < -0.3 is 20.3 Å². The molecule has 3 atom stereocenters. The fourth-order valence-corrected chi connectivity index (χ4v) is 4.23. The highest BCUT2D eigenvalue weighted by atomic mass is 16.6. The van der Waals surface area contributed by atoms with Gasteiger partial charge in [0.1, 0.15) is 24.6 Å². The minimum atomic E-state index is -1.04. The van der Waals surface area contributed by atoms with Gasteiger partial charge in [0, 0.05) is 18.2 Å². The highest BCUT2D eigenvalue weighted by molar-refractivity contribution is 5.69. The highest BCUT2D eigenvalue weighted by Crippen LogP contribution is 2.32. The summed E-state index contributed by atoms with van der Waals surface area (Å²) in [5, 5.41) is 10.4. The van der Waals surface area contributed by atoms with E-state index in [1.54, 1.807) is 0 Å². The first-order valence-corrected chi connectivity index (χ1v) is 13.0. The van der Waals surface area contributed by atoms with Crippen LogP contribution >= 0.6 is 0 Å². The van der Waals surface area contributed by atoms with Crippen LogP contribution in [0.15, 0.2) is 29.2 Å². The van der Waals surface area contributed by atoms with Crippen LogP contribution in [0, 0.1) is 0 Å². The van der Waals surface area contributed by atoms with Gasteiger partial charge in [0.25, 0.3) is 0 Å². The second-order valence-corrected chi connectivity index (χ2v) is 9.26. The maximum absolute atomic E-state index is 12.1. The number of hydrogen-bond acceptors (Lipinski definition) is 7. The van der Waals surface area contributed by atoms with Crippen LogP contribution < -0.4 is 11.4 Å². The molecule has 1 saturated heterocycles. The number of unbranched alkanes of at least 4 members (excludes halogenated alkanes) is 12. The predicted molar refractivity (Wildman–Crippen MR) is 133 cm³/mol. The van der Waals surface area contributed by atoms with Gasteiger partial charge in [-0.25, -0.2) is 4.79 Å². The molecule has 0 aliphatic carbocycles. The van der Waals surface area contributed by atoms with E-state index in [-0.39, 0.29) is 18.4 Å². The first-order valence-electron chi connectivity index (χ1n) is 13.0. The summed E-state index contributed by atoms with van der Waals surface area (Å²) < 4.78 is 12.2. The van der Waals surface area contributed by atoms with Crippen molar-refractivity contribution < 1.29 is 19.4 Å². The van der Waals surface area contributed by atoms with Crippen molar-refractivity contribution in [3.8, 4) is 0 Å². The second kappa shape index (κ2) is 15.7. The van der Waals surface area contributed by atoms with Crippen LogP contribution in [0.4, 0.5) is 5.82 Å². The Kier molecular flexibility index (Phi) is 12.9. The van der Waals surface area contributed by atoms with Gasteiger partial charge in [-0.05, 0) is 12.5 Å². The molecule has 3 N–H and O–H groups in total. The zero-order valence-electron chi connectivity index (χ0n) is 20.8. The molecule has 0 unspecified atom stereocenters. The summed E-state index contributed by atoms with van der Waals surface area (Å²) in [6.07, 6.45) is 15.3. The largest absolute Gasteiger partial charge is 0.463 e. The van der Waals surface area contributed by atoms with Crippen molar-refractivity contribution in [1.82, 2.24) is 9.55 Å². The number of rotatable bonds is 17. The summed E-state index contributed by atoms with van der Waals surface area (Å²) in [6.45, 7) is 5.97. The van der Waals surface area contributed by atoms with Crippen LogP contribution in [0.5, 0.6) is 0 Å². The zero-order chi connectivity index (χ0) is 24.8. The monoisotopic (exact) mass is 477 g/mol. The van der Waals surface area contributed by atoms with Crippen molar-refractivity contribution >= 4 is 11.8 Å². The van der Waals surface area contributed by atoms with Crippen LogP contribution in [-0.2, 0) is 14.3 Å². The van der Waals surface area contributed by atoms with Crippen molar-refractivity contribution in [2.75, 3.05) is 12.3 Å². The highest BCUT2D eigenvalue weighted by Gasteiger charge is 2.39. The second-order valence-electron chi connectivity index (χ2n) is 9.26. The molecule has 1 fully saturated rings. The van der Waals surface area contributed by atoms with Crippen LogP contribution in [0.25, 0.3) is 0 Å². The van der Waals surface area contributed by atoms with E-state index in [2.05, 4.69) is 18.5 Å². The van der Waals surface area contributed by atoms with E-state index < -0.39 is 24.1 Å². The third kappa shape index (κ3) is 9.58. The molecule has 0 bridgehead atoms. The number of aromatic nitrogens is 2. The quantitative estimate of drug-likeness (QED) is 0.190. The number of nitrogens with two attached hydrogens (primary N) is 1. The lowest BCUT2D eigenvalue weighted by molar-refractivity contribution is -0.150. The summed E-state index contributed by atoms with van der Waals surface area (Å²) in [5.41, 5.74) is 5.22. The fourth-order valence-electron chi connectivity index (χ4n) is 4.23. The Morgan fingerprint density at radius 3 is 2.21 bits per heavy atom. The molecular formula is C26H43N3O5. The van der Waals surface area contributed by atoms with E-state index >= 15 is 0 Å². The molecule has 1 aromatic rings. The number of ether oxygens (including phenoxy) is 2. The number of aliphatic hydroxyl groups is 1. The molecule has 1 aliphatic heterocycles. The Hall–Kier alpha value is -2.19. The van der Waals surface area contributed by atoms with Gasteiger partial charge in [-0.2, -0.15) is 4.98 Å². The first kappa shape index (κ1) is 28.1. The average molecular weight is 478 g/mol. The molecule has 0 saturated carbocycles. The molecule has 8 heteroatoms. The van der Waals surface area contributed by atoms with Crippen LogP contribution in [0.1, 0.15) is 103 Å². The molecule has 0 spiro atoms.